The summed E-state index contributed by atoms with van der Waals surface area (Å²) in [7, 11) is 6.41. The van der Waals surface area contributed by atoms with Crippen molar-refractivity contribution in [2.45, 2.75) is 81.8 Å². The second-order valence-corrected chi connectivity index (χ2v) is 7.72. The van der Waals surface area contributed by atoms with Crippen LogP contribution in [0.3, 0.4) is 0 Å². The third kappa shape index (κ3) is 4.02. The van der Waals surface area contributed by atoms with Crippen molar-refractivity contribution in [1.29, 1.82) is 0 Å². The molecule has 1 heterocycles. The topological polar surface area (TPSA) is 24.9 Å². The fourth-order valence-electron chi connectivity index (χ4n) is 4.38. The number of hydrogen-bond donors (Lipinski definition) is 0. The van der Waals surface area contributed by atoms with E-state index in [2.05, 4.69) is 23.9 Å². The Morgan fingerprint density at radius 2 is 1.41 bits per heavy atom. The summed E-state index contributed by atoms with van der Waals surface area (Å²) in [4.78, 5) is 5.15. The Balaban J connectivity index is 1.36. The quantitative estimate of drug-likeness (QED) is 0.779. The van der Waals surface area contributed by atoms with Gasteiger partial charge in [-0.1, -0.05) is 0 Å². The fraction of sp³-hybridized carbons (Fsp3) is 1.00. The molecule has 3 fully saturated rings. The van der Waals surface area contributed by atoms with Gasteiger partial charge in [-0.3, -0.25) is 0 Å². The molecular weight excluding hydrogens is 276 g/mol. The van der Waals surface area contributed by atoms with Gasteiger partial charge in [-0.15, -0.1) is 0 Å². The first kappa shape index (κ1) is 16.7. The molecule has 0 radical (unpaired) electrons. The van der Waals surface area contributed by atoms with E-state index in [1.165, 1.54) is 51.6 Å². The Bertz CT molecular complexity index is 330. The average Bonchev–Trinajstić information content (AvgIpc) is 2.51. The molecule has 3 rings (SSSR count). The van der Waals surface area contributed by atoms with E-state index in [4.69, 9.17) is 9.47 Å². The van der Waals surface area contributed by atoms with Gasteiger partial charge < -0.3 is 19.3 Å². The molecule has 0 bridgehead atoms. The molecule has 0 N–H and O–H groups in total. The summed E-state index contributed by atoms with van der Waals surface area (Å²) < 4.78 is 11.6. The maximum Gasteiger partial charge on any atom is 0.0628 e. The number of rotatable bonds is 5. The molecule has 4 nitrogen and oxygen atoms in total. The first-order valence-corrected chi connectivity index (χ1v) is 9.24. The largest absolute Gasteiger partial charge is 0.381 e. The van der Waals surface area contributed by atoms with Crippen molar-refractivity contribution in [3.05, 3.63) is 0 Å². The van der Waals surface area contributed by atoms with Crippen LogP contribution in [0.1, 0.15) is 51.4 Å². The molecule has 1 aliphatic heterocycles. The summed E-state index contributed by atoms with van der Waals surface area (Å²) in [5.41, 5.74) is 0. The van der Waals surface area contributed by atoms with Crippen LogP contribution in [0, 0.1) is 0 Å². The second-order valence-electron chi connectivity index (χ2n) is 7.72. The highest BCUT2D eigenvalue weighted by molar-refractivity contribution is 4.87. The van der Waals surface area contributed by atoms with Gasteiger partial charge in [-0.25, -0.2) is 0 Å². The van der Waals surface area contributed by atoms with Gasteiger partial charge in [0.05, 0.1) is 18.3 Å². The highest BCUT2D eigenvalue weighted by Gasteiger charge is 2.34. The predicted molar refractivity (Wildman–Crippen MR) is 89.2 cm³/mol. The Morgan fingerprint density at radius 3 is 2.00 bits per heavy atom. The van der Waals surface area contributed by atoms with Gasteiger partial charge in [-0.2, -0.15) is 0 Å². The van der Waals surface area contributed by atoms with E-state index in [-0.39, 0.29) is 0 Å². The highest BCUT2D eigenvalue weighted by Crippen LogP contribution is 2.32. The Labute approximate surface area is 136 Å². The molecule has 0 aromatic heterocycles. The minimum absolute atomic E-state index is 0.455. The van der Waals surface area contributed by atoms with E-state index < -0.39 is 0 Å². The number of methoxy groups -OCH3 is 1. The summed E-state index contributed by atoms with van der Waals surface area (Å²) >= 11 is 0. The summed E-state index contributed by atoms with van der Waals surface area (Å²) in [6.07, 6.45) is 11.4. The SMILES string of the molecule is COC1CC(OC2CCC(N(C)C3CCN(C)CC3)CC2)C1. The number of hydrogen-bond acceptors (Lipinski definition) is 4. The normalized spacial score (nSPS) is 38.2. The maximum atomic E-state index is 6.24. The lowest BCUT2D eigenvalue weighted by atomic mass is 9.88. The van der Waals surface area contributed by atoms with Crippen LogP contribution in [0.4, 0.5) is 0 Å². The number of nitrogens with zero attached hydrogens (tertiary/aromatic N) is 2. The Hall–Kier alpha value is -0.160. The van der Waals surface area contributed by atoms with Gasteiger partial charge >= 0.3 is 0 Å². The van der Waals surface area contributed by atoms with Gasteiger partial charge in [0.1, 0.15) is 0 Å². The molecular formula is C18H34N2O2. The van der Waals surface area contributed by atoms with Crippen LogP contribution in [0.2, 0.25) is 0 Å². The van der Waals surface area contributed by atoms with Crippen molar-refractivity contribution in [2.75, 3.05) is 34.3 Å². The molecule has 128 valence electrons. The standard InChI is InChI=1S/C18H34N2O2/c1-19-10-8-15(9-11-19)20(2)14-4-6-16(7-5-14)22-18-12-17(13-18)21-3/h14-18H,4-13H2,1-3H3. The van der Waals surface area contributed by atoms with Gasteiger partial charge in [0.2, 0.25) is 0 Å². The van der Waals surface area contributed by atoms with Crippen molar-refractivity contribution < 1.29 is 9.47 Å². The zero-order chi connectivity index (χ0) is 15.5. The monoisotopic (exact) mass is 310 g/mol. The molecule has 2 saturated carbocycles. The third-order valence-corrected chi connectivity index (χ3v) is 6.25. The lowest BCUT2D eigenvalue weighted by molar-refractivity contribution is -0.126. The summed E-state index contributed by atoms with van der Waals surface area (Å²) in [6.45, 7) is 2.52. The zero-order valence-electron chi connectivity index (χ0n) is 14.7. The molecule has 1 saturated heterocycles. The fourth-order valence-corrected chi connectivity index (χ4v) is 4.38. The van der Waals surface area contributed by atoms with Crippen molar-refractivity contribution in [3.8, 4) is 0 Å². The van der Waals surface area contributed by atoms with Crippen LogP contribution in [0.5, 0.6) is 0 Å². The number of piperidine rings is 1. The maximum absolute atomic E-state index is 6.24. The third-order valence-electron chi connectivity index (χ3n) is 6.25. The zero-order valence-corrected chi connectivity index (χ0v) is 14.7. The first-order valence-electron chi connectivity index (χ1n) is 9.24. The molecule has 0 aromatic carbocycles. The minimum Gasteiger partial charge on any atom is -0.381 e. The van der Waals surface area contributed by atoms with Crippen molar-refractivity contribution in [3.63, 3.8) is 0 Å². The lowest BCUT2D eigenvalue weighted by Gasteiger charge is -2.43. The lowest BCUT2D eigenvalue weighted by Crippen LogP contribution is -2.48. The first-order chi connectivity index (χ1) is 10.7. The molecule has 0 amide bonds. The van der Waals surface area contributed by atoms with Crippen molar-refractivity contribution in [2.24, 2.45) is 0 Å². The minimum atomic E-state index is 0.455. The number of ether oxygens (including phenoxy) is 2. The molecule has 0 aromatic rings. The summed E-state index contributed by atoms with van der Waals surface area (Å²) in [5.74, 6) is 0. The molecule has 22 heavy (non-hydrogen) atoms. The van der Waals surface area contributed by atoms with Crippen LogP contribution in [-0.2, 0) is 9.47 Å². The van der Waals surface area contributed by atoms with Crippen LogP contribution < -0.4 is 0 Å². The van der Waals surface area contributed by atoms with Gasteiger partial charge in [0.25, 0.3) is 0 Å². The van der Waals surface area contributed by atoms with E-state index >= 15 is 0 Å². The Morgan fingerprint density at radius 1 is 0.818 bits per heavy atom. The molecule has 0 spiro atoms. The van der Waals surface area contributed by atoms with Crippen LogP contribution in [-0.4, -0.2) is 74.5 Å². The van der Waals surface area contributed by atoms with E-state index in [9.17, 15) is 0 Å². The Kier molecular flexibility index (Phi) is 5.77. The van der Waals surface area contributed by atoms with Gasteiger partial charge in [0, 0.05) is 19.2 Å². The van der Waals surface area contributed by atoms with Crippen molar-refractivity contribution in [1.82, 2.24) is 9.80 Å². The van der Waals surface area contributed by atoms with E-state index in [1.54, 1.807) is 0 Å². The molecule has 3 aliphatic rings. The van der Waals surface area contributed by atoms with Gasteiger partial charge in [0.15, 0.2) is 0 Å². The molecule has 0 unspecified atom stereocenters. The van der Waals surface area contributed by atoms with E-state index in [0.29, 0.717) is 18.3 Å². The molecule has 0 atom stereocenters. The predicted octanol–water partition coefficient (Wildman–Crippen LogP) is 2.52. The van der Waals surface area contributed by atoms with E-state index in [1.807, 2.05) is 7.11 Å². The van der Waals surface area contributed by atoms with Crippen LogP contribution in [0.25, 0.3) is 0 Å². The second kappa shape index (κ2) is 7.61. The van der Waals surface area contributed by atoms with E-state index in [0.717, 1.165) is 24.9 Å². The molecule has 2 aliphatic carbocycles. The van der Waals surface area contributed by atoms with Gasteiger partial charge in [-0.05, 0) is 78.6 Å². The summed E-state index contributed by atoms with van der Waals surface area (Å²) in [5, 5.41) is 0. The summed E-state index contributed by atoms with van der Waals surface area (Å²) in [6, 6.07) is 1.58. The van der Waals surface area contributed by atoms with Crippen LogP contribution >= 0.6 is 0 Å². The number of likely N-dealkylation sites (tertiary alicyclic amines) is 1. The molecule has 4 heteroatoms. The average molecular weight is 310 g/mol. The van der Waals surface area contributed by atoms with Crippen LogP contribution in [0.15, 0.2) is 0 Å². The highest BCUT2D eigenvalue weighted by atomic mass is 16.5. The smallest absolute Gasteiger partial charge is 0.0628 e. The van der Waals surface area contributed by atoms with Crippen molar-refractivity contribution >= 4 is 0 Å².